The highest BCUT2D eigenvalue weighted by Crippen LogP contribution is 2.38. The van der Waals surface area contributed by atoms with E-state index in [2.05, 4.69) is 25.6 Å². The molecule has 0 bridgehead atoms. The summed E-state index contributed by atoms with van der Waals surface area (Å²) in [7, 11) is 0. The Kier molecular flexibility index (Phi) is 4.60. The molecule has 0 spiro atoms. The fourth-order valence-corrected chi connectivity index (χ4v) is 3.75. The lowest BCUT2D eigenvalue weighted by Crippen LogP contribution is -2.24. The van der Waals surface area contributed by atoms with Crippen LogP contribution in [-0.4, -0.2) is 16.5 Å². The van der Waals surface area contributed by atoms with Crippen LogP contribution in [0, 0.1) is 0 Å². The minimum atomic E-state index is 0.400. The van der Waals surface area contributed by atoms with Gasteiger partial charge in [0, 0.05) is 10.00 Å². The molecule has 78 valence electrons. The van der Waals surface area contributed by atoms with E-state index in [0.29, 0.717) is 4.75 Å². The van der Waals surface area contributed by atoms with Gasteiger partial charge in [-0.3, -0.25) is 0 Å². The van der Waals surface area contributed by atoms with Crippen molar-refractivity contribution < 1.29 is 0 Å². The molecule has 1 aliphatic rings. The summed E-state index contributed by atoms with van der Waals surface area (Å²) in [4.78, 5) is 0. The minimum absolute atomic E-state index is 0.400. The van der Waals surface area contributed by atoms with Gasteiger partial charge in [-0.15, -0.1) is 0 Å². The Morgan fingerprint density at radius 1 is 1.23 bits per heavy atom. The first-order chi connectivity index (χ1) is 6.14. The Morgan fingerprint density at radius 2 is 1.85 bits per heavy atom. The molecule has 1 saturated carbocycles. The van der Waals surface area contributed by atoms with Gasteiger partial charge in [0.05, 0.1) is 0 Å². The molecule has 1 rings (SSSR count). The van der Waals surface area contributed by atoms with Crippen LogP contribution in [0.4, 0.5) is 0 Å². The molecular formula is C11H23NS. The maximum Gasteiger partial charge on any atom is 0.0118 e. The second-order valence-corrected chi connectivity index (χ2v) is 6.68. The van der Waals surface area contributed by atoms with Crippen molar-refractivity contribution in [2.45, 2.75) is 62.4 Å². The molecule has 1 aliphatic carbocycles. The van der Waals surface area contributed by atoms with Crippen LogP contribution in [0.3, 0.4) is 0 Å². The van der Waals surface area contributed by atoms with Gasteiger partial charge < -0.3 is 5.73 Å². The number of rotatable bonds is 4. The molecule has 0 aliphatic heterocycles. The summed E-state index contributed by atoms with van der Waals surface area (Å²) in [6.45, 7) is 5.49. The fraction of sp³-hybridized carbons (Fsp3) is 1.00. The maximum absolute atomic E-state index is 5.61. The third-order valence-corrected chi connectivity index (χ3v) is 4.43. The molecule has 0 saturated heterocycles. The molecule has 0 heterocycles. The van der Waals surface area contributed by atoms with E-state index in [9.17, 15) is 0 Å². The average Bonchev–Trinajstić information content (AvgIpc) is 2.04. The third kappa shape index (κ3) is 4.37. The zero-order valence-electron chi connectivity index (χ0n) is 9.01. The van der Waals surface area contributed by atoms with Gasteiger partial charge in [0.15, 0.2) is 0 Å². The minimum Gasteiger partial charge on any atom is -0.330 e. The number of hydrogen-bond acceptors (Lipinski definition) is 2. The van der Waals surface area contributed by atoms with Crippen LogP contribution in [0.2, 0.25) is 0 Å². The van der Waals surface area contributed by atoms with Gasteiger partial charge in [-0.05, 0) is 25.8 Å². The quantitative estimate of drug-likeness (QED) is 0.756. The van der Waals surface area contributed by atoms with E-state index < -0.39 is 0 Å². The first-order valence-corrected chi connectivity index (χ1v) is 6.40. The topological polar surface area (TPSA) is 26.0 Å². The first-order valence-electron chi connectivity index (χ1n) is 5.52. The second-order valence-electron chi connectivity index (χ2n) is 4.68. The molecule has 0 amide bonds. The zero-order chi connectivity index (χ0) is 9.73. The summed E-state index contributed by atoms with van der Waals surface area (Å²) >= 11 is 2.17. The zero-order valence-corrected chi connectivity index (χ0v) is 9.83. The van der Waals surface area contributed by atoms with Crippen molar-refractivity contribution in [3.05, 3.63) is 0 Å². The van der Waals surface area contributed by atoms with E-state index in [0.717, 1.165) is 18.2 Å². The van der Waals surface area contributed by atoms with Gasteiger partial charge in [0.2, 0.25) is 0 Å². The van der Waals surface area contributed by atoms with Crippen molar-refractivity contribution in [1.82, 2.24) is 0 Å². The van der Waals surface area contributed by atoms with Crippen molar-refractivity contribution >= 4 is 11.8 Å². The number of nitrogens with two attached hydrogens (primary N) is 1. The molecular weight excluding hydrogens is 178 g/mol. The lowest BCUT2D eigenvalue weighted by Gasteiger charge is -2.31. The summed E-state index contributed by atoms with van der Waals surface area (Å²) < 4.78 is 0.400. The Hall–Kier alpha value is 0.310. The van der Waals surface area contributed by atoms with E-state index in [4.69, 9.17) is 5.73 Å². The molecule has 0 aromatic heterocycles. The van der Waals surface area contributed by atoms with Crippen molar-refractivity contribution in [2.75, 3.05) is 6.54 Å². The molecule has 0 unspecified atom stereocenters. The van der Waals surface area contributed by atoms with Crippen molar-refractivity contribution in [1.29, 1.82) is 0 Å². The Morgan fingerprint density at radius 3 is 2.38 bits per heavy atom. The number of thioether (sulfide) groups is 1. The molecule has 0 radical (unpaired) electrons. The number of hydrogen-bond donors (Lipinski definition) is 1. The summed E-state index contributed by atoms with van der Waals surface area (Å²) in [6, 6.07) is 0. The van der Waals surface area contributed by atoms with Gasteiger partial charge in [-0.25, -0.2) is 0 Å². The van der Waals surface area contributed by atoms with Crippen LogP contribution in [0.25, 0.3) is 0 Å². The van der Waals surface area contributed by atoms with Crippen LogP contribution in [0.5, 0.6) is 0 Å². The van der Waals surface area contributed by atoms with Crippen LogP contribution in [-0.2, 0) is 0 Å². The largest absolute Gasteiger partial charge is 0.330 e. The predicted molar refractivity (Wildman–Crippen MR) is 62.2 cm³/mol. The van der Waals surface area contributed by atoms with Gasteiger partial charge in [-0.1, -0.05) is 33.1 Å². The van der Waals surface area contributed by atoms with Crippen molar-refractivity contribution in [3.8, 4) is 0 Å². The van der Waals surface area contributed by atoms with E-state index in [1.165, 1.54) is 32.1 Å². The Labute approximate surface area is 86.8 Å². The molecule has 1 fully saturated rings. The molecule has 0 aromatic rings. The lowest BCUT2D eigenvalue weighted by atomic mass is 10.0. The van der Waals surface area contributed by atoms with Gasteiger partial charge >= 0.3 is 0 Å². The highest BCUT2D eigenvalue weighted by molar-refractivity contribution is 8.01. The standard InChI is InChI=1S/C11H23NS/c1-11(2,8-9-12)13-10-6-4-3-5-7-10/h10H,3-9,12H2,1-2H3. The lowest BCUT2D eigenvalue weighted by molar-refractivity contribution is 0.509. The highest BCUT2D eigenvalue weighted by Gasteiger charge is 2.24. The normalized spacial score (nSPS) is 20.5. The van der Waals surface area contributed by atoms with Crippen LogP contribution in [0.1, 0.15) is 52.4 Å². The fourth-order valence-electron chi connectivity index (χ4n) is 2.04. The summed E-state index contributed by atoms with van der Waals surface area (Å²) in [5, 5.41) is 0.912. The van der Waals surface area contributed by atoms with Gasteiger partial charge in [0.1, 0.15) is 0 Å². The second kappa shape index (κ2) is 5.26. The molecule has 2 N–H and O–H groups in total. The maximum atomic E-state index is 5.61. The molecule has 1 nitrogen and oxygen atoms in total. The summed E-state index contributed by atoms with van der Waals surface area (Å²) in [6.07, 6.45) is 8.34. The molecule has 2 heteroatoms. The predicted octanol–water partition coefficient (Wildman–Crippen LogP) is 3.18. The SMILES string of the molecule is CC(C)(CCN)SC1CCCCC1. The molecule has 0 aromatic carbocycles. The third-order valence-electron chi connectivity index (χ3n) is 2.78. The molecule has 13 heavy (non-hydrogen) atoms. The van der Waals surface area contributed by atoms with Crippen LogP contribution in [0.15, 0.2) is 0 Å². The summed E-state index contributed by atoms with van der Waals surface area (Å²) in [5.74, 6) is 0. The Balaban J connectivity index is 2.28. The Bertz CT molecular complexity index is 139. The van der Waals surface area contributed by atoms with Gasteiger partial charge in [-0.2, -0.15) is 11.8 Å². The van der Waals surface area contributed by atoms with E-state index in [1.54, 1.807) is 0 Å². The summed E-state index contributed by atoms with van der Waals surface area (Å²) in [5.41, 5.74) is 5.61. The smallest absolute Gasteiger partial charge is 0.0118 e. The first kappa shape index (κ1) is 11.4. The monoisotopic (exact) mass is 201 g/mol. The van der Waals surface area contributed by atoms with Crippen LogP contribution >= 0.6 is 11.8 Å². The highest BCUT2D eigenvalue weighted by atomic mass is 32.2. The van der Waals surface area contributed by atoms with Crippen LogP contribution < -0.4 is 5.73 Å². The van der Waals surface area contributed by atoms with Crippen molar-refractivity contribution in [3.63, 3.8) is 0 Å². The van der Waals surface area contributed by atoms with Crippen molar-refractivity contribution in [2.24, 2.45) is 5.73 Å². The van der Waals surface area contributed by atoms with E-state index >= 15 is 0 Å². The van der Waals surface area contributed by atoms with E-state index in [-0.39, 0.29) is 0 Å². The van der Waals surface area contributed by atoms with E-state index in [1.807, 2.05) is 0 Å². The average molecular weight is 201 g/mol. The van der Waals surface area contributed by atoms with Gasteiger partial charge in [0.25, 0.3) is 0 Å². The molecule has 0 atom stereocenters.